The fourth-order valence-electron chi connectivity index (χ4n) is 3.47. The van der Waals surface area contributed by atoms with E-state index in [1.807, 2.05) is 55.5 Å². The molecule has 0 bridgehead atoms. The maximum atomic E-state index is 12.2. The summed E-state index contributed by atoms with van der Waals surface area (Å²) in [7, 11) is 1.63. The quantitative estimate of drug-likeness (QED) is 0.921. The lowest BCUT2D eigenvalue weighted by Gasteiger charge is -2.34. The fourth-order valence-corrected chi connectivity index (χ4v) is 3.47. The summed E-state index contributed by atoms with van der Waals surface area (Å²) < 4.78 is 0. The Morgan fingerprint density at radius 3 is 2.72 bits per heavy atom. The zero-order chi connectivity index (χ0) is 18.2. The molecule has 0 radical (unpaired) electrons. The highest BCUT2D eigenvalue weighted by Crippen LogP contribution is 2.37. The first-order valence-electron chi connectivity index (χ1n) is 8.39. The van der Waals surface area contributed by atoms with Crippen LogP contribution in [0.15, 0.2) is 53.6 Å². The van der Waals surface area contributed by atoms with Crippen molar-refractivity contribution in [2.24, 2.45) is 16.6 Å². The number of benzene rings is 1. The second kappa shape index (κ2) is 6.31. The van der Waals surface area contributed by atoms with Crippen LogP contribution < -0.4 is 5.73 Å². The van der Waals surface area contributed by atoms with E-state index in [0.29, 0.717) is 0 Å². The summed E-state index contributed by atoms with van der Waals surface area (Å²) in [5.41, 5.74) is 7.20. The predicted molar refractivity (Wildman–Crippen MR) is 98.0 cm³/mol. The minimum Gasteiger partial charge on any atom is -0.369 e. The molecule has 2 N–H and O–H groups in total. The van der Waals surface area contributed by atoms with E-state index >= 15 is 0 Å². The van der Waals surface area contributed by atoms with Gasteiger partial charge >= 0.3 is 0 Å². The first-order chi connectivity index (χ1) is 11.8. The Labute approximate surface area is 147 Å². The molecular weight excluding hydrogens is 314 g/mol. The van der Waals surface area contributed by atoms with Crippen LogP contribution >= 0.6 is 0 Å². The van der Waals surface area contributed by atoms with Gasteiger partial charge in [0.1, 0.15) is 5.78 Å². The number of nitrogens with zero attached hydrogens (tertiary/aromatic N) is 2. The van der Waals surface area contributed by atoms with E-state index in [2.05, 4.69) is 4.99 Å². The van der Waals surface area contributed by atoms with Gasteiger partial charge in [-0.15, -0.1) is 0 Å². The van der Waals surface area contributed by atoms with Crippen LogP contribution in [0.25, 0.3) is 0 Å². The third-order valence-corrected chi connectivity index (χ3v) is 5.07. The van der Waals surface area contributed by atoms with Crippen LogP contribution in [0.1, 0.15) is 37.3 Å². The largest absolute Gasteiger partial charge is 0.369 e. The third-order valence-electron chi connectivity index (χ3n) is 5.07. The average Bonchev–Trinajstić information content (AvgIpc) is 2.59. The van der Waals surface area contributed by atoms with Gasteiger partial charge in [0.05, 0.1) is 12.0 Å². The van der Waals surface area contributed by atoms with Crippen molar-refractivity contribution in [3.8, 4) is 0 Å². The van der Waals surface area contributed by atoms with E-state index in [1.165, 1.54) is 4.90 Å². The van der Waals surface area contributed by atoms with Crippen molar-refractivity contribution in [3.05, 3.63) is 59.7 Å². The molecule has 1 aromatic rings. The van der Waals surface area contributed by atoms with Crippen LogP contribution in [-0.2, 0) is 15.1 Å². The minimum atomic E-state index is -0.691. The maximum absolute atomic E-state index is 12.2. The smallest absolute Gasteiger partial charge is 0.231 e. The molecule has 5 heteroatoms. The highest BCUT2D eigenvalue weighted by molar-refractivity contribution is 5.98. The Kier molecular flexibility index (Phi) is 4.33. The lowest BCUT2D eigenvalue weighted by atomic mass is 9.78. The molecule has 1 amide bonds. The Balaban J connectivity index is 2.00. The topological polar surface area (TPSA) is 75.8 Å². The molecule has 130 valence electrons. The molecule has 0 aromatic heterocycles. The van der Waals surface area contributed by atoms with E-state index in [-0.39, 0.29) is 35.9 Å². The summed E-state index contributed by atoms with van der Waals surface area (Å²) in [5.74, 6) is 0.141. The number of ketones is 1. The Morgan fingerprint density at radius 2 is 2.04 bits per heavy atom. The number of hydrogen-bond donors (Lipinski definition) is 1. The van der Waals surface area contributed by atoms with Crippen molar-refractivity contribution in [1.29, 1.82) is 0 Å². The van der Waals surface area contributed by atoms with Crippen LogP contribution in [0.2, 0.25) is 0 Å². The van der Waals surface area contributed by atoms with Gasteiger partial charge in [0.25, 0.3) is 0 Å². The molecule has 2 aliphatic rings. The van der Waals surface area contributed by atoms with E-state index in [0.717, 1.165) is 11.1 Å². The molecule has 0 saturated carbocycles. The summed E-state index contributed by atoms with van der Waals surface area (Å²) in [6, 6.07) is 7.97. The average molecular weight is 337 g/mol. The predicted octanol–water partition coefficient (Wildman–Crippen LogP) is 2.49. The van der Waals surface area contributed by atoms with Crippen molar-refractivity contribution in [3.63, 3.8) is 0 Å². The zero-order valence-corrected chi connectivity index (χ0v) is 14.8. The Hall–Kier alpha value is -2.69. The molecule has 25 heavy (non-hydrogen) atoms. The van der Waals surface area contributed by atoms with Gasteiger partial charge in [0.2, 0.25) is 5.91 Å². The van der Waals surface area contributed by atoms with Gasteiger partial charge in [0.15, 0.2) is 5.96 Å². The molecule has 3 rings (SSSR count). The number of carbonyl (C=O) groups is 2. The molecule has 3 atom stereocenters. The summed E-state index contributed by atoms with van der Waals surface area (Å²) in [5, 5.41) is 0. The number of rotatable bonds is 3. The van der Waals surface area contributed by atoms with E-state index < -0.39 is 5.54 Å². The van der Waals surface area contributed by atoms with Gasteiger partial charge in [-0.2, -0.15) is 0 Å². The summed E-state index contributed by atoms with van der Waals surface area (Å²) in [6.07, 6.45) is 8.13. The number of aliphatic imine (C=N–C) groups is 1. The summed E-state index contributed by atoms with van der Waals surface area (Å²) >= 11 is 0. The van der Waals surface area contributed by atoms with Crippen molar-refractivity contribution in [2.45, 2.75) is 31.7 Å². The monoisotopic (exact) mass is 337 g/mol. The summed E-state index contributed by atoms with van der Waals surface area (Å²) in [4.78, 5) is 30.1. The SMILES string of the molecule is CC(=O)C1C=CC=CC1c1cccc(C2(C)CC(=O)N(C)C(N)=N2)c1. The molecule has 0 spiro atoms. The molecule has 5 nitrogen and oxygen atoms in total. The maximum Gasteiger partial charge on any atom is 0.231 e. The minimum absolute atomic E-state index is 0.00524. The second-order valence-corrected chi connectivity index (χ2v) is 6.93. The molecule has 0 fully saturated rings. The number of allylic oxidation sites excluding steroid dienone is 4. The molecule has 0 saturated heterocycles. The van der Waals surface area contributed by atoms with Gasteiger partial charge in [-0.3, -0.25) is 14.5 Å². The van der Waals surface area contributed by atoms with Gasteiger partial charge in [-0.1, -0.05) is 48.6 Å². The first-order valence-corrected chi connectivity index (χ1v) is 8.39. The summed E-state index contributed by atoms with van der Waals surface area (Å²) in [6.45, 7) is 3.54. The first kappa shape index (κ1) is 17.1. The van der Waals surface area contributed by atoms with Crippen LogP contribution in [0, 0.1) is 5.92 Å². The van der Waals surface area contributed by atoms with E-state index in [1.54, 1.807) is 14.0 Å². The van der Waals surface area contributed by atoms with Gasteiger partial charge in [-0.25, -0.2) is 4.99 Å². The van der Waals surface area contributed by atoms with Crippen molar-refractivity contribution >= 4 is 17.6 Å². The highest BCUT2D eigenvalue weighted by Gasteiger charge is 2.36. The van der Waals surface area contributed by atoms with Crippen LogP contribution in [0.3, 0.4) is 0 Å². The third kappa shape index (κ3) is 3.14. The van der Waals surface area contributed by atoms with Crippen molar-refractivity contribution in [2.75, 3.05) is 7.05 Å². The van der Waals surface area contributed by atoms with E-state index in [9.17, 15) is 9.59 Å². The molecule has 1 aromatic carbocycles. The normalized spacial score (nSPS) is 28.8. The molecule has 1 aliphatic heterocycles. The number of carbonyl (C=O) groups excluding carboxylic acids is 2. The molecule has 1 aliphatic carbocycles. The van der Waals surface area contributed by atoms with Gasteiger partial charge < -0.3 is 5.73 Å². The second-order valence-electron chi connectivity index (χ2n) is 6.93. The zero-order valence-electron chi connectivity index (χ0n) is 14.8. The van der Waals surface area contributed by atoms with Crippen LogP contribution in [0.4, 0.5) is 0 Å². The number of amides is 1. The van der Waals surface area contributed by atoms with E-state index in [4.69, 9.17) is 5.73 Å². The van der Waals surface area contributed by atoms with Crippen LogP contribution in [0.5, 0.6) is 0 Å². The number of guanidine groups is 1. The molecular formula is C20H23N3O2. The fraction of sp³-hybridized carbons (Fsp3) is 0.350. The lowest BCUT2D eigenvalue weighted by Crippen LogP contribution is -2.47. The Morgan fingerprint density at radius 1 is 1.32 bits per heavy atom. The number of nitrogens with two attached hydrogens (primary N) is 1. The van der Waals surface area contributed by atoms with Crippen LogP contribution in [-0.4, -0.2) is 29.6 Å². The van der Waals surface area contributed by atoms with Gasteiger partial charge in [0, 0.05) is 18.9 Å². The number of hydrogen-bond acceptors (Lipinski definition) is 4. The standard InChI is InChI=1S/C20H23N3O2/c1-13(24)16-9-4-5-10-17(16)14-7-6-8-15(11-14)20(2)12-18(25)23(3)19(21)22-20/h4-11,16-17H,12H2,1-3H3,(H2,21,22). The highest BCUT2D eigenvalue weighted by atomic mass is 16.2. The molecule has 3 unspecified atom stereocenters. The van der Waals surface area contributed by atoms with Crippen molar-refractivity contribution < 1.29 is 9.59 Å². The molecule has 1 heterocycles. The van der Waals surface area contributed by atoms with Crippen molar-refractivity contribution in [1.82, 2.24) is 4.90 Å². The number of Topliss-reactive ketones (excluding diaryl/α,β-unsaturated/α-hetero) is 1. The Bertz CT molecular complexity index is 809. The van der Waals surface area contributed by atoms with Gasteiger partial charge in [-0.05, 0) is 25.0 Å². The lowest BCUT2D eigenvalue weighted by molar-refractivity contribution is -0.128.